The second-order valence-electron chi connectivity index (χ2n) is 3.49. The number of nitrogens with two attached hydrogens (primary N) is 1. The Morgan fingerprint density at radius 3 is 2.56 bits per heavy atom. The molecule has 2 aromatic rings. The standard InChI is InChI=1S/C11H7F2N3O2/c12-6-1-2-7(8(13)5-6)11-9(16(17)18)3-4-10(14)15-11/h1-5H,(H2,14,15). The first-order valence-electron chi connectivity index (χ1n) is 4.85. The Hall–Kier alpha value is -2.57. The monoisotopic (exact) mass is 251 g/mol. The summed E-state index contributed by atoms with van der Waals surface area (Å²) in [7, 11) is 0. The van der Waals surface area contributed by atoms with Crippen LogP contribution in [0.2, 0.25) is 0 Å². The van der Waals surface area contributed by atoms with Crippen molar-refractivity contribution in [2.45, 2.75) is 0 Å². The first-order chi connectivity index (χ1) is 8.49. The highest BCUT2D eigenvalue weighted by atomic mass is 19.1. The van der Waals surface area contributed by atoms with Gasteiger partial charge in [-0.15, -0.1) is 0 Å². The van der Waals surface area contributed by atoms with Gasteiger partial charge in [0.2, 0.25) is 0 Å². The van der Waals surface area contributed by atoms with E-state index in [-0.39, 0.29) is 17.1 Å². The zero-order chi connectivity index (χ0) is 13.3. The van der Waals surface area contributed by atoms with Crippen molar-refractivity contribution in [3.05, 3.63) is 52.1 Å². The summed E-state index contributed by atoms with van der Waals surface area (Å²) in [5.41, 5.74) is 4.63. The molecule has 0 unspecified atom stereocenters. The molecule has 1 aromatic carbocycles. The minimum atomic E-state index is -0.934. The van der Waals surface area contributed by atoms with Crippen LogP contribution in [0.1, 0.15) is 0 Å². The average molecular weight is 251 g/mol. The molecule has 7 heteroatoms. The maximum Gasteiger partial charge on any atom is 0.295 e. The van der Waals surface area contributed by atoms with E-state index in [0.717, 1.165) is 18.2 Å². The second-order valence-corrected chi connectivity index (χ2v) is 3.49. The first-order valence-corrected chi connectivity index (χ1v) is 4.85. The maximum absolute atomic E-state index is 13.6. The molecule has 0 amide bonds. The van der Waals surface area contributed by atoms with Crippen molar-refractivity contribution in [3.8, 4) is 11.3 Å². The largest absolute Gasteiger partial charge is 0.384 e. The van der Waals surface area contributed by atoms with Crippen LogP contribution in [-0.2, 0) is 0 Å². The van der Waals surface area contributed by atoms with E-state index in [1.807, 2.05) is 0 Å². The van der Waals surface area contributed by atoms with Gasteiger partial charge in [-0.05, 0) is 18.2 Å². The van der Waals surface area contributed by atoms with Crippen LogP contribution in [-0.4, -0.2) is 9.91 Å². The highest BCUT2D eigenvalue weighted by molar-refractivity contribution is 5.71. The van der Waals surface area contributed by atoms with Gasteiger partial charge in [-0.2, -0.15) is 0 Å². The van der Waals surface area contributed by atoms with E-state index in [0.29, 0.717) is 6.07 Å². The van der Waals surface area contributed by atoms with Crippen LogP contribution in [0, 0.1) is 21.7 Å². The molecule has 92 valence electrons. The van der Waals surface area contributed by atoms with Crippen LogP contribution < -0.4 is 5.73 Å². The Bertz CT molecular complexity index is 632. The Morgan fingerprint density at radius 2 is 1.94 bits per heavy atom. The van der Waals surface area contributed by atoms with E-state index < -0.39 is 22.2 Å². The summed E-state index contributed by atoms with van der Waals surface area (Å²) >= 11 is 0. The van der Waals surface area contributed by atoms with Crippen LogP contribution in [0.25, 0.3) is 11.3 Å². The summed E-state index contributed by atoms with van der Waals surface area (Å²) in [5.74, 6) is -1.70. The molecular formula is C11H7F2N3O2. The zero-order valence-corrected chi connectivity index (χ0v) is 8.93. The summed E-state index contributed by atoms with van der Waals surface area (Å²) < 4.78 is 26.4. The van der Waals surface area contributed by atoms with E-state index in [9.17, 15) is 18.9 Å². The summed E-state index contributed by atoms with van der Waals surface area (Å²) in [6, 6.07) is 5.07. The van der Waals surface area contributed by atoms with Crippen molar-refractivity contribution in [3.63, 3.8) is 0 Å². The number of pyridine rings is 1. The van der Waals surface area contributed by atoms with Gasteiger partial charge in [0.1, 0.15) is 17.5 Å². The lowest BCUT2D eigenvalue weighted by molar-refractivity contribution is -0.384. The third-order valence-corrected chi connectivity index (χ3v) is 2.28. The van der Waals surface area contributed by atoms with Crippen LogP contribution in [0.3, 0.4) is 0 Å². The van der Waals surface area contributed by atoms with Gasteiger partial charge in [0.05, 0.1) is 4.92 Å². The Balaban J connectivity index is 2.69. The van der Waals surface area contributed by atoms with E-state index in [4.69, 9.17) is 5.73 Å². The van der Waals surface area contributed by atoms with Crippen molar-refractivity contribution in [2.75, 3.05) is 5.73 Å². The first kappa shape index (κ1) is 11.9. The highest BCUT2D eigenvalue weighted by Gasteiger charge is 2.20. The summed E-state index contributed by atoms with van der Waals surface area (Å²) in [4.78, 5) is 13.8. The fourth-order valence-electron chi connectivity index (χ4n) is 1.49. The number of benzene rings is 1. The number of anilines is 1. The number of aromatic nitrogens is 1. The number of nitrogens with zero attached hydrogens (tertiary/aromatic N) is 2. The molecular weight excluding hydrogens is 244 g/mol. The fourth-order valence-corrected chi connectivity index (χ4v) is 1.49. The molecule has 0 atom stereocenters. The predicted octanol–water partition coefficient (Wildman–Crippen LogP) is 2.52. The molecule has 1 aromatic heterocycles. The average Bonchev–Trinajstić information content (AvgIpc) is 2.28. The smallest absolute Gasteiger partial charge is 0.295 e. The molecule has 2 rings (SSSR count). The van der Waals surface area contributed by atoms with Gasteiger partial charge in [-0.25, -0.2) is 13.8 Å². The molecule has 5 nitrogen and oxygen atoms in total. The molecule has 0 bridgehead atoms. The summed E-state index contributed by atoms with van der Waals surface area (Å²) in [6.07, 6.45) is 0. The molecule has 0 fully saturated rings. The maximum atomic E-state index is 13.6. The van der Waals surface area contributed by atoms with Crippen molar-refractivity contribution in [1.29, 1.82) is 0 Å². The molecule has 0 aliphatic rings. The number of halogens is 2. The highest BCUT2D eigenvalue weighted by Crippen LogP contribution is 2.30. The fraction of sp³-hybridized carbons (Fsp3) is 0. The van der Waals surface area contributed by atoms with Crippen molar-refractivity contribution >= 4 is 11.5 Å². The van der Waals surface area contributed by atoms with Crippen LogP contribution in [0.4, 0.5) is 20.3 Å². The molecule has 18 heavy (non-hydrogen) atoms. The molecule has 0 saturated heterocycles. The second kappa shape index (κ2) is 4.36. The predicted molar refractivity (Wildman–Crippen MR) is 60.7 cm³/mol. The Labute approximate surface area is 100 Å². The Morgan fingerprint density at radius 1 is 1.22 bits per heavy atom. The molecule has 0 aliphatic heterocycles. The third kappa shape index (κ3) is 2.10. The van der Waals surface area contributed by atoms with Gasteiger partial charge >= 0.3 is 0 Å². The molecule has 2 N–H and O–H groups in total. The van der Waals surface area contributed by atoms with Gasteiger partial charge in [0.25, 0.3) is 5.69 Å². The number of hydrogen-bond donors (Lipinski definition) is 1. The Kier molecular flexibility index (Phi) is 2.88. The number of hydrogen-bond acceptors (Lipinski definition) is 4. The quantitative estimate of drug-likeness (QED) is 0.656. The van der Waals surface area contributed by atoms with Crippen molar-refractivity contribution in [1.82, 2.24) is 4.98 Å². The minimum absolute atomic E-state index is 0.0133. The van der Waals surface area contributed by atoms with Crippen LogP contribution in [0.5, 0.6) is 0 Å². The molecule has 0 spiro atoms. The van der Waals surface area contributed by atoms with Crippen LogP contribution in [0.15, 0.2) is 30.3 Å². The lowest BCUT2D eigenvalue weighted by Crippen LogP contribution is -1.99. The van der Waals surface area contributed by atoms with Gasteiger partial charge < -0.3 is 5.73 Å². The normalized spacial score (nSPS) is 10.3. The zero-order valence-electron chi connectivity index (χ0n) is 8.93. The van der Waals surface area contributed by atoms with E-state index >= 15 is 0 Å². The molecule has 1 heterocycles. The van der Waals surface area contributed by atoms with E-state index in [1.54, 1.807) is 0 Å². The van der Waals surface area contributed by atoms with Gasteiger partial charge in [0.15, 0.2) is 5.69 Å². The molecule has 0 aliphatic carbocycles. The van der Waals surface area contributed by atoms with Crippen LogP contribution >= 0.6 is 0 Å². The summed E-state index contributed by atoms with van der Waals surface area (Å²) in [5, 5.41) is 10.8. The molecule has 0 radical (unpaired) electrons. The number of nitrogen functional groups attached to an aromatic ring is 1. The number of nitro groups is 1. The number of rotatable bonds is 2. The molecule has 0 saturated carbocycles. The van der Waals surface area contributed by atoms with Crippen molar-refractivity contribution in [2.24, 2.45) is 0 Å². The van der Waals surface area contributed by atoms with Gasteiger partial charge in [-0.3, -0.25) is 10.1 Å². The van der Waals surface area contributed by atoms with Gasteiger partial charge in [-0.1, -0.05) is 0 Å². The lowest BCUT2D eigenvalue weighted by Gasteiger charge is -2.04. The summed E-state index contributed by atoms with van der Waals surface area (Å²) in [6.45, 7) is 0. The minimum Gasteiger partial charge on any atom is -0.384 e. The third-order valence-electron chi connectivity index (χ3n) is 2.28. The van der Waals surface area contributed by atoms with Crippen molar-refractivity contribution < 1.29 is 13.7 Å². The van der Waals surface area contributed by atoms with E-state index in [1.165, 1.54) is 6.07 Å². The SMILES string of the molecule is Nc1ccc([N+](=O)[O-])c(-c2ccc(F)cc2F)n1. The lowest BCUT2D eigenvalue weighted by atomic mass is 10.1. The van der Waals surface area contributed by atoms with E-state index in [2.05, 4.69) is 4.98 Å². The van der Waals surface area contributed by atoms with Gasteiger partial charge in [0, 0.05) is 17.7 Å². The topological polar surface area (TPSA) is 82.0 Å².